The van der Waals surface area contributed by atoms with Gasteiger partial charge in [0.05, 0.1) is 18.2 Å². The number of benzene rings is 1. The molecular formula is C14H17N3O. The summed E-state index contributed by atoms with van der Waals surface area (Å²) in [5.41, 5.74) is 8.81. The molecule has 0 spiro atoms. The van der Waals surface area contributed by atoms with E-state index < -0.39 is 0 Å². The Morgan fingerprint density at radius 1 is 1.39 bits per heavy atom. The van der Waals surface area contributed by atoms with Crippen LogP contribution in [0.3, 0.4) is 0 Å². The summed E-state index contributed by atoms with van der Waals surface area (Å²) in [5.74, 6) is 0. The van der Waals surface area contributed by atoms with Crippen molar-refractivity contribution in [1.82, 2.24) is 10.3 Å². The van der Waals surface area contributed by atoms with Crippen molar-refractivity contribution in [3.63, 3.8) is 0 Å². The maximum atomic E-state index is 6.07. The van der Waals surface area contributed by atoms with E-state index in [2.05, 4.69) is 10.3 Å². The molecule has 1 fully saturated rings. The molecule has 94 valence electrons. The van der Waals surface area contributed by atoms with E-state index in [1.165, 1.54) is 0 Å². The number of anilines is 1. The summed E-state index contributed by atoms with van der Waals surface area (Å²) < 4.78 is 5.69. The van der Waals surface area contributed by atoms with Gasteiger partial charge in [-0.2, -0.15) is 0 Å². The number of nitrogen functional groups attached to an aromatic ring is 1. The topological polar surface area (TPSA) is 60.2 Å². The first-order valence-corrected chi connectivity index (χ1v) is 6.29. The van der Waals surface area contributed by atoms with Crippen molar-refractivity contribution in [2.45, 2.75) is 12.5 Å². The Balaban J connectivity index is 1.87. The largest absolute Gasteiger partial charge is 0.398 e. The fraction of sp³-hybridized carbons (Fsp3) is 0.357. The normalized spacial score (nSPS) is 20.1. The Morgan fingerprint density at radius 2 is 2.28 bits per heavy atom. The zero-order valence-electron chi connectivity index (χ0n) is 10.2. The van der Waals surface area contributed by atoms with Gasteiger partial charge in [0.25, 0.3) is 0 Å². The summed E-state index contributed by atoms with van der Waals surface area (Å²) in [4.78, 5) is 4.64. The number of nitrogens with one attached hydrogen (secondary N) is 1. The number of ether oxygens (including phenoxy) is 1. The van der Waals surface area contributed by atoms with E-state index >= 15 is 0 Å². The van der Waals surface area contributed by atoms with E-state index in [-0.39, 0.29) is 6.10 Å². The molecule has 3 rings (SSSR count). The predicted octanol–water partition coefficient (Wildman–Crippen LogP) is 1.35. The number of rotatable bonds is 2. The van der Waals surface area contributed by atoms with Crippen LogP contribution in [0.15, 0.2) is 30.3 Å². The molecule has 0 saturated carbocycles. The summed E-state index contributed by atoms with van der Waals surface area (Å²) in [6, 6.07) is 9.92. The monoisotopic (exact) mass is 243 g/mol. The van der Waals surface area contributed by atoms with Crippen molar-refractivity contribution < 1.29 is 4.74 Å². The lowest BCUT2D eigenvalue weighted by Gasteiger charge is -2.23. The van der Waals surface area contributed by atoms with E-state index in [1.54, 1.807) is 0 Å². The third-order valence-corrected chi connectivity index (χ3v) is 3.24. The van der Waals surface area contributed by atoms with Crippen molar-refractivity contribution in [2.75, 3.05) is 25.4 Å². The number of morpholine rings is 1. The third kappa shape index (κ3) is 2.30. The molecule has 1 aliphatic heterocycles. The van der Waals surface area contributed by atoms with Crippen LogP contribution in [0.2, 0.25) is 0 Å². The molecule has 0 bridgehead atoms. The standard InChI is InChI=1S/C14H17N3O/c15-13-8-10(7-11-9-16-5-6-18-11)17-14-4-2-1-3-12(13)14/h1-4,8,11,16H,5-7,9H2,(H2,15,17). The number of aromatic nitrogens is 1. The highest BCUT2D eigenvalue weighted by Gasteiger charge is 2.15. The Kier molecular flexibility index (Phi) is 3.13. The molecule has 1 aromatic heterocycles. The second kappa shape index (κ2) is 4.92. The fourth-order valence-electron chi connectivity index (χ4n) is 2.35. The maximum Gasteiger partial charge on any atom is 0.0755 e. The van der Waals surface area contributed by atoms with Gasteiger partial charge in [-0.1, -0.05) is 18.2 Å². The van der Waals surface area contributed by atoms with Gasteiger partial charge < -0.3 is 15.8 Å². The molecule has 18 heavy (non-hydrogen) atoms. The molecule has 0 aliphatic carbocycles. The van der Waals surface area contributed by atoms with Crippen molar-refractivity contribution in [3.05, 3.63) is 36.0 Å². The Bertz CT molecular complexity index is 550. The first-order chi connectivity index (χ1) is 8.83. The van der Waals surface area contributed by atoms with Gasteiger partial charge in [0.1, 0.15) is 0 Å². The highest BCUT2D eigenvalue weighted by atomic mass is 16.5. The van der Waals surface area contributed by atoms with Crippen LogP contribution in [0, 0.1) is 0 Å². The van der Waals surface area contributed by atoms with Gasteiger partial charge >= 0.3 is 0 Å². The number of hydrogen-bond donors (Lipinski definition) is 2. The van der Waals surface area contributed by atoms with E-state index in [0.717, 1.165) is 48.4 Å². The van der Waals surface area contributed by atoms with Crippen LogP contribution in [0.5, 0.6) is 0 Å². The Labute approximate surface area is 106 Å². The number of pyridine rings is 1. The smallest absolute Gasteiger partial charge is 0.0755 e. The zero-order chi connectivity index (χ0) is 12.4. The lowest BCUT2D eigenvalue weighted by atomic mass is 10.1. The summed E-state index contributed by atoms with van der Waals surface area (Å²) in [6.45, 7) is 2.59. The maximum absolute atomic E-state index is 6.07. The minimum Gasteiger partial charge on any atom is -0.398 e. The van der Waals surface area contributed by atoms with Crippen LogP contribution in [0.25, 0.3) is 10.9 Å². The van der Waals surface area contributed by atoms with Crippen LogP contribution in [-0.2, 0) is 11.2 Å². The van der Waals surface area contributed by atoms with Gasteiger partial charge in [0.15, 0.2) is 0 Å². The number of nitrogens with two attached hydrogens (primary N) is 1. The second-order valence-electron chi connectivity index (χ2n) is 4.62. The lowest BCUT2D eigenvalue weighted by molar-refractivity contribution is 0.0287. The van der Waals surface area contributed by atoms with Gasteiger partial charge in [0.2, 0.25) is 0 Å². The highest BCUT2D eigenvalue weighted by Crippen LogP contribution is 2.21. The highest BCUT2D eigenvalue weighted by molar-refractivity contribution is 5.90. The van der Waals surface area contributed by atoms with Gasteiger partial charge in [-0.25, -0.2) is 0 Å². The fourth-order valence-corrected chi connectivity index (χ4v) is 2.35. The quantitative estimate of drug-likeness (QED) is 0.836. The molecule has 4 nitrogen and oxygen atoms in total. The first kappa shape index (κ1) is 11.4. The SMILES string of the molecule is Nc1cc(CC2CNCCO2)nc2ccccc12. The molecule has 1 unspecified atom stereocenters. The predicted molar refractivity (Wildman–Crippen MR) is 72.5 cm³/mol. The van der Waals surface area contributed by atoms with Crippen LogP contribution < -0.4 is 11.1 Å². The lowest BCUT2D eigenvalue weighted by Crippen LogP contribution is -2.39. The van der Waals surface area contributed by atoms with Crippen LogP contribution in [-0.4, -0.2) is 30.8 Å². The van der Waals surface area contributed by atoms with E-state index in [9.17, 15) is 0 Å². The average Bonchev–Trinajstić information content (AvgIpc) is 2.40. The molecule has 1 saturated heterocycles. The minimum absolute atomic E-state index is 0.201. The number of nitrogens with zero attached hydrogens (tertiary/aromatic N) is 1. The van der Waals surface area contributed by atoms with Crippen molar-refractivity contribution in [2.24, 2.45) is 0 Å². The van der Waals surface area contributed by atoms with Gasteiger partial charge in [0, 0.05) is 36.3 Å². The summed E-state index contributed by atoms with van der Waals surface area (Å²) >= 11 is 0. The Morgan fingerprint density at radius 3 is 3.11 bits per heavy atom. The molecule has 1 atom stereocenters. The average molecular weight is 243 g/mol. The molecule has 0 amide bonds. The van der Waals surface area contributed by atoms with Gasteiger partial charge in [-0.3, -0.25) is 4.98 Å². The van der Waals surface area contributed by atoms with E-state index in [0.29, 0.717) is 0 Å². The molecule has 0 radical (unpaired) electrons. The Hall–Kier alpha value is -1.65. The summed E-state index contributed by atoms with van der Waals surface area (Å²) in [5, 5.41) is 4.34. The van der Waals surface area contributed by atoms with Gasteiger partial charge in [-0.05, 0) is 12.1 Å². The van der Waals surface area contributed by atoms with Crippen molar-refractivity contribution in [1.29, 1.82) is 0 Å². The zero-order valence-corrected chi connectivity index (χ0v) is 10.2. The number of hydrogen-bond acceptors (Lipinski definition) is 4. The number of fused-ring (bicyclic) bond motifs is 1. The minimum atomic E-state index is 0.201. The first-order valence-electron chi connectivity index (χ1n) is 6.29. The van der Waals surface area contributed by atoms with E-state index in [4.69, 9.17) is 10.5 Å². The summed E-state index contributed by atoms with van der Waals surface area (Å²) in [7, 11) is 0. The molecule has 4 heteroatoms. The van der Waals surface area contributed by atoms with Crippen LogP contribution >= 0.6 is 0 Å². The molecular weight excluding hydrogens is 226 g/mol. The second-order valence-corrected chi connectivity index (χ2v) is 4.62. The van der Waals surface area contributed by atoms with Crippen LogP contribution in [0.4, 0.5) is 5.69 Å². The van der Waals surface area contributed by atoms with Gasteiger partial charge in [-0.15, -0.1) is 0 Å². The van der Waals surface area contributed by atoms with Crippen molar-refractivity contribution >= 4 is 16.6 Å². The number of para-hydroxylation sites is 1. The summed E-state index contributed by atoms with van der Waals surface area (Å²) in [6.07, 6.45) is 1.01. The van der Waals surface area contributed by atoms with E-state index in [1.807, 2.05) is 30.3 Å². The van der Waals surface area contributed by atoms with Crippen molar-refractivity contribution in [3.8, 4) is 0 Å². The molecule has 1 aliphatic rings. The third-order valence-electron chi connectivity index (χ3n) is 3.24. The van der Waals surface area contributed by atoms with Crippen LogP contribution in [0.1, 0.15) is 5.69 Å². The molecule has 1 aromatic carbocycles. The molecule has 3 N–H and O–H groups in total. The molecule has 2 aromatic rings. The molecule has 2 heterocycles.